The highest BCUT2D eigenvalue weighted by Crippen LogP contribution is 2.30. The Hall–Kier alpha value is -2.16. The van der Waals surface area contributed by atoms with Crippen molar-refractivity contribution in [2.24, 2.45) is 5.92 Å². The van der Waals surface area contributed by atoms with E-state index in [1.807, 2.05) is 0 Å². The molecule has 1 atom stereocenters. The van der Waals surface area contributed by atoms with Crippen molar-refractivity contribution in [3.8, 4) is 6.07 Å². The molecule has 0 radical (unpaired) electrons. The van der Waals surface area contributed by atoms with Gasteiger partial charge in [0, 0.05) is 19.5 Å². The van der Waals surface area contributed by atoms with Crippen molar-refractivity contribution in [1.29, 1.82) is 5.26 Å². The molecule has 1 fully saturated rings. The van der Waals surface area contributed by atoms with Gasteiger partial charge in [-0.25, -0.2) is 8.78 Å². The van der Waals surface area contributed by atoms with Crippen molar-refractivity contribution in [1.82, 2.24) is 0 Å². The molecular weight excluding hydrogens is 278 g/mol. The van der Waals surface area contributed by atoms with Crippen molar-refractivity contribution in [3.63, 3.8) is 0 Å². The summed E-state index contributed by atoms with van der Waals surface area (Å²) in [6, 6.07) is 3.77. The Morgan fingerprint density at radius 1 is 1.43 bits per heavy atom. The second-order valence-corrected chi connectivity index (χ2v) is 5.29. The van der Waals surface area contributed by atoms with Gasteiger partial charge >= 0.3 is 5.97 Å². The van der Waals surface area contributed by atoms with Crippen LogP contribution >= 0.6 is 0 Å². The first-order valence-electron chi connectivity index (χ1n) is 6.87. The second kappa shape index (κ2) is 6.53. The summed E-state index contributed by atoms with van der Waals surface area (Å²) in [6.45, 7) is 0.969. The van der Waals surface area contributed by atoms with Crippen molar-refractivity contribution < 1.29 is 18.7 Å². The van der Waals surface area contributed by atoms with Crippen LogP contribution in [0.1, 0.15) is 31.2 Å². The summed E-state index contributed by atoms with van der Waals surface area (Å²) >= 11 is 0. The van der Waals surface area contributed by atoms with E-state index in [4.69, 9.17) is 10.4 Å². The summed E-state index contributed by atoms with van der Waals surface area (Å²) in [5, 5.41) is 17.4. The molecule has 1 heterocycles. The van der Waals surface area contributed by atoms with Gasteiger partial charge in [0.1, 0.15) is 5.69 Å². The van der Waals surface area contributed by atoms with Crippen molar-refractivity contribution in [2.75, 3.05) is 18.0 Å². The molecule has 0 saturated carbocycles. The number of nitriles is 1. The van der Waals surface area contributed by atoms with Crippen LogP contribution in [0.15, 0.2) is 12.1 Å². The number of carbonyl (C=O) groups is 1. The van der Waals surface area contributed by atoms with E-state index in [1.165, 1.54) is 0 Å². The molecule has 112 valence electrons. The zero-order valence-electron chi connectivity index (χ0n) is 11.5. The van der Waals surface area contributed by atoms with E-state index in [9.17, 15) is 13.6 Å². The zero-order chi connectivity index (χ0) is 15.4. The van der Waals surface area contributed by atoms with Gasteiger partial charge in [-0.1, -0.05) is 0 Å². The SMILES string of the molecule is N#Cc1cc(F)c(N2CCCC(CCC(=O)O)C2)c(F)c1. The van der Waals surface area contributed by atoms with Gasteiger partial charge in [-0.3, -0.25) is 4.79 Å². The van der Waals surface area contributed by atoms with Crippen LogP contribution in [-0.2, 0) is 4.79 Å². The Bertz CT molecular complexity index is 561. The van der Waals surface area contributed by atoms with E-state index in [2.05, 4.69) is 0 Å². The molecule has 6 heteroatoms. The Morgan fingerprint density at radius 2 is 2.10 bits per heavy atom. The molecule has 0 aromatic heterocycles. The van der Waals surface area contributed by atoms with E-state index >= 15 is 0 Å². The second-order valence-electron chi connectivity index (χ2n) is 5.29. The van der Waals surface area contributed by atoms with Crippen molar-refractivity contribution in [2.45, 2.75) is 25.7 Å². The third kappa shape index (κ3) is 3.69. The van der Waals surface area contributed by atoms with Crippen LogP contribution in [0.5, 0.6) is 0 Å². The molecule has 1 N–H and O–H groups in total. The first-order chi connectivity index (χ1) is 10.0. The smallest absolute Gasteiger partial charge is 0.303 e. The third-order valence-corrected chi connectivity index (χ3v) is 3.75. The van der Waals surface area contributed by atoms with Gasteiger partial charge in [0.25, 0.3) is 0 Å². The summed E-state index contributed by atoms with van der Waals surface area (Å²) in [6.07, 6.45) is 2.20. The van der Waals surface area contributed by atoms with Crippen LogP contribution in [0.2, 0.25) is 0 Å². The van der Waals surface area contributed by atoms with Gasteiger partial charge < -0.3 is 10.0 Å². The summed E-state index contributed by atoms with van der Waals surface area (Å²) in [7, 11) is 0. The molecule has 21 heavy (non-hydrogen) atoms. The average molecular weight is 294 g/mol. The first kappa shape index (κ1) is 15.2. The quantitative estimate of drug-likeness (QED) is 0.927. The molecule has 0 spiro atoms. The van der Waals surface area contributed by atoms with E-state index in [1.54, 1.807) is 11.0 Å². The lowest BCUT2D eigenvalue weighted by atomic mass is 9.93. The fourth-order valence-corrected chi connectivity index (χ4v) is 2.76. The van der Waals surface area contributed by atoms with Gasteiger partial charge in [-0.05, 0) is 37.3 Å². The van der Waals surface area contributed by atoms with Gasteiger partial charge in [-0.2, -0.15) is 5.26 Å². The highest BCUT2D eigenvalue weighted by atomic mass is 19.1. The number of halogens is 2. The number of aliphatic carboxylic acids is 1. The number of carboxylic acid groups (broad SMARTS) is 1. The topological polar surface area (TPSA) is 64.3 Å². The van der Waals surface area contributed by atoms with E-state index < -0.39 is 17.6 Å². The molecule has 1 saturated heterocycles. The molecule has 4 nitrogen and oxygen atoms in total. The number of rotatable bonds is 4. The zero-order valence-corrected chi connectivity index (χ0v) is 11.5. The molecular formula is C15H16F2N2O2. The molecule has 1 unspecified atom stereocenters. The highest BCUT2D eigenvalue weighted by Gasteiger charge is 2.25. The number of anilines is 1. The number of carboxylic acids is 1. The fourth-order valence-electron chi connectivity index (χ4n) is 2.76. The fraction of sp³-hybridized carbons (Fsp3) is 0.467. The third-order valence-electron chi connectivity index (χ3n) is 3.75. The van der Waals surface area contributed by atoms with E-state index in [-0.39, 0.29) is 23.6 Å². The molecule has 1 aliphatic rings. The van der Waals surface area contributed by atoms with Crippen molar-refractivity contribution >= 4 is 11.7 Å². The number of hydrogen-bond donors (Lipinski definition) is 1. The van der Waals surface area contributed by atoms with E-state index in [0.717, 1.165) is 25.0 Å². The molecule has 0 aliphatic carbocycles. The molecule has 0 bridgehead atoms. The average Bonchev–Trinajstić information content (AvgIpc) is 2.44. The lowest BCUT2D eigenvalue weighted by Crippen LogP contribution is -2.36. The summed E-state index contributed by atoms with van der Waals surface area (Å²) in [5.41, 5.74) is -0.165. The lowest BCUT2D eigenvalue weighted by Gasteiger charge is -2.34. The Labute approximate surface area is 121 Å². The van der Waals surface area contributed by atoms with Crippen LogP contribution in [-0.4, -0.2) is 24.2 Å². The minimum absolute atomic E-state index is 0.0480. The van der Waals surface area contributed by atoms with Gasteiger partial charge in [0.2, 0.25) is 0 Å². The Morgan fingerprint density at radius 3 is 2.67 bits per heavy atom. The van der Waals surface area contributed by atoms with Gasteiger partial charge in [-0.15, -0.1) is 0 Å². The standard InChI is InChI=1S/C15H16F2N2O2/c16-12-6-11(8-18)7-13(17)15(12)19-5-1-2-10(9-19)3-4-14(20)21/h6-7,10H,1-5,9H2,(H,20,21). The monoisotopic (exact) mass is 294 g/mol. The molecule has 0 amide bonds. The lowest BCUT2D eigenvalue weighted by molar-refractivity contribution is -0.137. The maximum Gasteiger partial charge on any atom is 0.303 e. The Balaban J connectivity index is 2.14. The maximum absolute atomic E-state index is 14.0. The molecule has 2 rings (SSSR count). The molecule has 1 aromatic rings. The molecule has 1 aliphatic heterocycles. The van der Waals surface area contributed by atoms with Gasteiger partial charge in [0.05, 0.1) is 11.6 Å². The highest BCUT2D eigenvalue weighted by molar-refractivity contribution is 5.66. The predicted octanol–water partition coefficient (Wildman–Crippen LogP) is 2.92. The number of piperidine rings is 1. The summed E-state index contributed by atoms with van der Waals surface area (Å²) in [4.78, 5) is 12.2. The predicted molar refractivity (Wildman–Crippen MR) is 72.9 cm³/mol. The van der Waals surface area contributed by atoms with Crippen molar-refractivity contribution in [3.05, 3.63) is 29.3 Å². The first-order valence-corrected chi connectivity index (χ1v) is 6.87. The number of benzene rings is 1. The van der Waals surface area contributed by atoms with Crippen LogP contribution < -0.4 is 4.90 Å². The van der Waals surface area contributed by atoms with Crippen LogP contribution in [0.4, 0.5) is 14.5 Å². The summed E-state index contributed by atoms with van der Waals surface area (Å²) < 4.78 is 28.0. The summed E-state index contributed by atoms with van der Waals surface area (Å²) in [5.74, 6) is -2.23. The van der Waals surface area contributed by atoms with E-state index in [0.29, 0.717) is 19.5 Å². The van der Waals surface area contributed by atoms with Crippen LogP contribution in [0.25, 0.3) is 0 Å². The normalized spacial score (nSPS) is 18.3. The largest absolute Gasteiger partial charge is 0.481 e. The molecule has 1 aromatic carbocycles. The minimum atomic E-state index is -0.858. The number of hydrogen-bond acceptors (Lipinski definition) is 3. The minimum Gasteiger partial charge on any atom is -0.481 e. The maximum atomic E-state index is 14.0. The van der Waals surface area contributed by atoms with Crippen LogP contribution in [0, 0.1) is 28.9 Å². The Kier molecular flexibility index (Phi) is 4.73. The van der Waals surface area contributed by atoms with Gasteiger partial charge in [0.15, 0.2) is 11.6 Å². The number of nitrogens with zero attached hydrogens (tertiary/aromatic N) is 2. The van der Waals surface area contributed by atoms with Crippen LogP contribution in [0.3, 0.4) is 0 Å².